The summed E-state index contributed by atoms with van der Waals surface area (Å²) in [5, 5.41) is 5.35. The number of aryl methyl sites for hydroxylation is 1. The Kier molecular flexibility index (Phi) is 9.67. The van der Waals surface area contributed by atoms with Crippen LogP contribution in [0.4, 0.5) is 0 Å². The van der Waals surface area contributed by atoms with E-state index in [4.69, 9.17) is 9.84 Å². The average molecular weight is 487 g/mol. The molecular formula is C33H46N2O. The molecule has 3 heteroatoms. The van der Waals surface area contributed by atoms with E-state index in [1.807, 2.05) is 0 Å². The molecule has 36 heavy (non-hydrogen) atoms. The Hall–Kier alpha value is -2.55. The van der Waals surface area contributed by atoms with Crippen molar-refractivity contribution >= 4 is 0 Å². The van der Waals surface area contributed by atoms with Crippen LogP contribution in [0.1, 0.15) is 95.4 Å². The molecule has 0 aliphatic heterocycles. The summed E-state index contributed by atoms with van der Waals surface area (Å²) in [6, 6.07) is 10.9. The first kappa shape index (κ1) is 26.5. The summed E-state index contributed by atoms with van der Waals surface area (Å²) in [7, 11) is 1.77. The maximum Gasteiger partial charge on any atom is 0.115 e. The quantitative estimate of drug-likeness (QED) is 0.280. The fourth-order valence-electron chi connectivity index (χ4n) is 6.10. The van der Waals surface area contributed by atoms with Gasteiger partial charge in [0.25, 0.3) is 0 Å². The lowest BCUT2D eigenvalue weighted by Crippen LogP contribution is -2.21. The van der Waals surface area contributed by atoms with E-state index in [1.165, 1.54) is 85.9 Å². The first-order chi connectivity index (χ1) is 17.6. The fraction of sp³-hybridized carbons (Fsp3) is 0.545. The van der Waals surface area contributed by atoms with Gasteiger partial charge in [-0.3, -0.25) is 4.68 Å². The Bertz CT molecular complexity index is 1040. The van der Waals surface area contributed by atoms with Crippen LogP contribution in [0, 0.1) is 11.8 Å². The molecule has 4 rings (SSSR count). The van der Waals surface area contributed by atoms with Gasteiger partial charge in [0, 0.05) is 18.0 Å². The summed E-state index contributed by atoms with van der Waals surface area (Å²) >= 11 is 0. The molecule has 1 fully saturated rings. The van der Waals surface area contributed by atoms with Crippen molar-refractivity contribution in [2.45, 2.75) is 96.9 Å². The molecule has 1 aromatic carbocycles. The van der Waals surface area contributed by atoms with Crippen molar-refractivity contribution in [3.63, 3.8) is 0 Å². The molecule has 0 bridgehead atoms. The summed E-state index contributed by atoms with van der Waals surface area (Å²) < 4.78 is 8.06. The second-order valence-corrected chi connectivity index (χ2v) is 11.1. The van der Waals surface area contributed by atoms with Crippen LogP contribution in [-0.2, 0) is 17.7 Å². The number of benzene rings is 1. The van der Waals surface area contributed by atoms with Crippen molar-refractivity contribution in [2.24, 2.45) is 11.8 Å². The third kappa shape index (κ3) is 6.81. The van der Waals surface area contributed by atoms with Gasteiger partial charge in [0.2, 0.25) is 0 Å². The van der Waals surface area contributed by atoms with E-state index in [2.05, 4.69) is 73.7 Å². The molecule has 0 amide bonds. The van der Waals surface area contributed by atoms with Crippen molar-refractivity contribution in [2.75, 3.05) is 7.11 Å². The zero-order valence-corrected chi connectivity index (χ0v) is 22.8. The van der Waals surface area contributed by atoms with Crippen molar-refractivity contribution in [1.29, 1.82) is 0 Å². The highest BCUT2D eigenvalue weighted by Gasteiger charge is 2.28. The minimum Gasteiger partial charge on any atom is -0.497 e. The van der Waals surface area contributed by atoms with Crippen LogP contribution in [0.2, 0.25) is 0 Å². The Morgan fingerprint density at radius 1 is 1.08 bits per heavy atom. The molecule has 2 aliphatic rings. The molecule has 0 radical (unpaired) electrons. The lowest BCUT2D eigenvalue weighted by Gasteiger charge is -2.29. The van der Waals surface area contributed by atoms with Crippen LogP contribution >= 0.6 is 0 Å². The molecule has 1 heterocycles. The summed E-state index contributed by atoms with van der Waals surface area (Å²) in [4.78, 5) is 0. The van der Waals surface area contributed by atoms with E-state index >= 15 is 0 Å². The van der Waals surface area contributed by atoms with Gasteiger partial charge in [-0.2, -0.15) is 5.10 Å². The molecular weight excluding hydrogens is 440 g/mol. The third-order valence-corrected chi connectivity index (χ3v) is 8.13. The van der Waals surface area contributed by atoms with Gasteiger partial charge in [0.1, 0.15) is 5.76 Å². The van der Waals surface area contributed by atoms with E-state index < -0.39 is 0 Å². The largest absolute Gasteiger partial charge is 0.497 e. The Morgan fingerprint density at radius 2 is 1.83 bits per heavy atom. The monoisotopic (exact) mass is 486 g/mol. The van der Waals surface area contributed by atoms with E-state index in [-0.39, 0.29) is 0 Å². The number of ether oxygens (including phenoxy) is 1. The highest BCUT2D eigenvalue weighted by atomic mass is 16.5. The van der Waals surface area contributed by atoms with E-state index in [0.717, 1.165) is 31.1 Å². The molecule has 0 saturated heterocycles. The summed E-state index contributed by atoms with van der Waals surface area (Å²) in [5.74, 6) is 2.87. The van der Waals surface area contributed by atoms with Crippen molar-refractivity contribution < 1.29 is 4.74 Å². The van der Waals surface area contributed by atoms with Crippen LogP contribution in [0.25, 0.3) is 11.1 Å². The number of hydrogen-bond donors (Lipinski definition) is 0. The topological polar surface area (TPSA) is 27.1 Å². The van der Waals surface area contributed by atoms with E-state index in [1.54, 1.807) is 7.11 Å². The van der Waals surface area contributed by atoms with Gasteiger partial charge in [-0.1, -0.05) is 74.6 Å². The molecule has 0 N–H and O–H groups in total. The van der Waals surface area contributed by atoms with Crippen LogP contribution in [0.15, 0.2) is 66.5 Å². The van der Waals surface area contributed by atoms with Crippen molar-refractivity contribution in [3.05, 3.63) is 77.9 Å². The maximum absolute atomic E-state index is 5.65. The number of nitrogens with zero attached hydrogens (tertiary/aromatic N) is 2. The lowest BCUT2D eigenvalue weighted by atomic mass is 9.79. The number of aromatic nitrogens is 2. The standard InChI is InChI=1S/C33H46N2O/c1-5-6-18-31-32(28-14-8-7-9-15-28)33(29-16-11-17-30(23-29)36-4)35(34-31)24-27-21-19-26(20-22-27)13-10-12-25(2)3/h7-9,11,14-15,17,23,26-27,29H,2,5-6,10,12-13,16,18-22,24H2,1,3-4H3. The van der Waals surface area contributed by atoms with Gasteiger partial charge in [0.15, 0.2) is 0 Å². The van der Waals surface area contributed by atoms with Gasteiger partial charge < -0.3 is 4.74 Å². The van der Waals surface area contributed by atoms with E-state index in [9.17, 15) is 0 Å². The molecule has 2 aromatic rings. The van der Waals surface area contributed by atoms with Gasteiger partial charge >= 0.3 is 0 Å². The Morgan fingerprint density at radius 3 is 2.53 bits per heavy atom. The number of rotatable bonds is 12. The molecule has 2 aliphatic carbocycles. The minimum absolute atomic E-state index is 0.293. The van der Waals surface area contributed by atoms with Crippen molar-refractivity contribution in [3.8, 4) is 11.1 Å². The molecule has 1 aromatic heterocycles. The number of allylic oxidation sites excluding steroid dienone is 4. The smallest absolute Gasteiger partial charge is 0.115 e. The predicted molar refractivity (Wildman–Crippen MR) is 152 cm³/mol. The fourth-order valence-corrected chi connectivity index (χ4v) is 6.10. The highest BCUT2D eigenvalue weighted by Crippen LogP contribution is 2.40. The lowest BCUT2D eigenvalue weighted by molar-refractivity contribution is 0.232. The van der Waals surface area contributed by atoms with Crippen LogP contribution in [0.5, 0.6) is 0 Å². The highest BCUT2D eigenvalue weighted by molar-refractivity contribution is 5.70. The summed E-state index contributed by atoms with van der Waals surface area (Å²) in [6.07, 6.45) is 20.3. The second-order valence-electron chi connectivity index (χ2n) is 11.1. The summed E-state index contributed by atoms with van der Waals surface area (Å²) in [5.41, 5.74) is 6.65. The van der Waals surface area contributed by atoms with Gasteiger partial charge in [-0.25, -0.2) is 0 Å². The normalized spacial score (nSPS) is 21.9. The predicted octanol–water partition coefficient (Wildman–Crippen LogP) is 9.02. The molecule has 3 nitrogen and oxygen atoms in total. The maximum atomic E-state index is 5.65. The van der Waals surface area contributed by atoms with Gasteiger partial charge in [-0.05, 0) is 81.4 Å². The first-order valence-corrected chi connectivity index (χ1v) is 14.3. The van der Waals surface area contributed by atoms with Crippen LogP contribution < -0.4 is 0 Å². The summed E-state index contributed by atoms with van der Waals surface area (Å²) in [6.45, 7) is 9.54. The second kappa shape index (κ2) is 13.1. The number of hydrogen-bond acceptors (Lipinski definition) is 2. The SMILES string of the molecule is C=C(C)CCCC1CCC(Cn2nc(CCCC)c(-c3ccccc3)c2C2C=C(OC)C=CC2)CC1. The molecule has 1 saturated carbocycles. The minimum atomic E-state index is 0.293. The Labute approximate surface area is 219 Å². The van der Waals surface area contributed by atoms with Crippen molar-refractivity contribution in [1.82, 2.24) is 9.78 Å². The first-order valence-electron chi connectivity index (χ1n) is 14.3. The molecule has 1 atom stereocenters. The van der Waals surface area contributed by atoms with Crippen LogP contribution in [-0.4, -0.2) is 16.9 Å². The number of methoxy groups -OCH3 is 1. The van der Waals surface area contributed by atoms with Crippen LogP contribution in [0.3, 0.4) is 0 Å². The molecule has 1 unspecified atom stereocenters. The zero-order valence-electron chi connectivity index (χ0n) is 22.8. The van der Waals surface area contributed by atoms with Gasteiger partial charge in [-0.15, -0.1) is 6.58 Å². The zero-order chi connectivity index (χ0) is 25.3. The van der Waals surface area contributed by atoms with E-state index in [0.29, 0.717) is 11.8 Å². The average Bonchev–Trinajstić information content (AvgIpc) is 3.26. The number of unbranched alkanes of at least 4 members (excludes halogenated alkanes) is 1. The molecule has 0 spiro atoms. The molecule has 194 valence electrons. The third-order valence-electron chi connectivity index (χ3n) is 8.13. The van der Waals surface area contributed by atoms with Gasteiger partial charge in [0.05, 0.1) is 18.5 Å². The Balaban J connectivity index is 1.60.